The summed E-state index contributed by atoms with van der Waals surface area (Å²) in [6, 6.07) is 6.85. The Bertz CT molecular complexity index is 625. The molecule has 2 aromatic rings. The Labute approximate surface area is 108 Å². The summed E-state index contributed by atoms with van der Waals surface area (Å²) in [5.74, 6) is -1.67. The molecule has 1 heterocycles. The third kappa shape index (κ3) is 2.88. The lowest BCUT2D eigenvalue weighted by molar-refractivity contribution is 0.0694. The normalized spacial score (nSPS) is 10.4. The van der Waals surface area contributed by atoms with E-state index in [1.54, 1.807) is 0 Å². The maximum atomic E-state index is 12.8. The predicted molar refractivity (Wildman–Crippen MR) is 64.9 cm³/mol. The van der Waals surface area contributed by atoms with Gasteiger partial charge in [-0.15, -0.1) is 0 Å². The first-order valence-corrected chi connectivity index (χ1v) is 5.58. The summed E-state index contributed by atoms with van der Waals surface area (Å²) >= 11 is 0. The molecule has 98 valence electrons. The summed E-state index contributed by atoms with van der Waals surface area (Å²) < 4.78 is 18.0. The van der Waals surface area contributed by atoms with Gasteiger partial charge in [0.25, 0.3) is 0 Å². The highest BCUT2D eigenvalue weighted by Gasteiger charge is 2.19. The molecule has 0 fully saturated rings. The van der Waals surface area contributed by atoms with Crippen LogP contribution in [-0.2, 0) is 6.42 Å². The van der Waals surface area contributed by atoms with Gasteiger partial charge in [-0.1, -0.05) is 12.1 Å². The van der Waals surface area contributed by atoms with E-state index in [0.717, 1.165) is 0 Å². The van der Waals surface area contributed by atoms with Crippen molar-refractivity contribution in [1.29, 1.82) is 0 Å². The average Bonchev–Trinajstić information content (AvgIpc) is 2.76. The van der Waals surface area contributed by atoms with Gasteiger partial charge in [0.05, 0.1) is 0 Å². The molecule has 2 rings (SSSR count). The zero-order chi connectivity index (χ0) is 14.0. The Hall–Kier alpha value is -2.43. The molecule has 1 aromatic heterocycles. The average molecular weight is 262 g/mol. The van der Waals surface area contributed by atoms with Crippen LogP contribution in [0.3, 0.4) is 0 Å². The van der Waals surface area contributed by atoms with E-state index < -0.39 is 5.97 Å². The molecular formula is C14H11FO4. The second-order valence-electron chi connectivity index (χ2n) is 4.11. The Balaban J connectivity index is 2.35. The van der Waals surface area contributed by atoms with E-state index in [2.05, 4.69) is 0 Å². The van der Waals surface area contributed by atoms with Crippen molar-refractivity contribution in [3.05, 3.63) is 58.8 Å². The fraction of sp³-hybridized carbons (Fsp3) is 0.143. The number of furan rings is 1. The van der Waals surface area contributed by atoms with Gasteiger partial charge < -0.3 is 9.52 Å². The van der Waals surface area contributed by atoms with Crippen molar-refractivity contribution in [1.82, 2.24) is 0 Å². The lowest BCUT2D eigenvalue weighted by atomic mass is 10.1. The lowest BCUT2D eigenvalue weighted by Gasteiger charge is -2.00. The molecule has 0 spiro atoms. The SMILES string of the molecule is CC(=O)c1cc(C(=O)O)c(Cc2ccc(F)cc2)o1. The summed E-state index contributed by atoms with van der Waals surface area (Å²) in [7, 11) is 0. The number of ketones is 1. The van der Waals surface area contributed by atoms with Gasteiger partial charge in [0.1, 0.15) is 17.1 Å². The first-order valence-electron chi connectivity index (χ1n) is 5.58. The molecule has 0 atom stereocenters. The van der Waals surface area contributed by atoms with Gasteiger partial charge in [0.2, 0.25) is 0 Å². The molecule has 0 aliphatic rings. The quantitative estimate of drug-likeness (QED) is 0.860. The van der Waals surface area contributed by atoms with Gasteiger partial charge >= 0.3 is 5.97 Å². The molecule has 0 bridgehead atoms. The van der Waals surface area contributed by atoms with Gasteiger partial charge in [0, 0.05) is 19.4 Å². The summed E-state index contributed by atoms with van der Waals surface area (Å²) in [6.45, 7) is 1.30. The van der Waals surface area contributed by atoms with Crippen LogP contribution in [0.2, 0.25) is 0 Å². The zero-order valence-corrected chi connectivity index (χ0v) is 10.1. The topological polar surface area (TPSA) is 67.5 Å². The third-order valence-electron chi connectivity index (χ3n) is 2.66. The molecule has 1 aromatic carbocycles. The molecule has 1 N–H and O–H groups in total. The van der Waals surface area contributed by atoms with Crippen LogP contribution in [0.4, 0.5) is 4.39 Å². The van der Waals surface area contributed by atoms with E-state index in [0.29, 0.717) is 5.56 Å². The van der Waals surface area contributed by atoms with Crippen LogP contribution in [-0.4, -0.2) is 16.9 Å². The number of carbonyl (C=O) groups is 2. The van der Waals surface area contributed by atoms with E-state index in [1.807, 2.05) is 0 Å². The maximum absolute atomic E-state index is 12.8. The fourth-order valence-corrected chi connectivity index (χ4v) is 1.70. The molecule has 0 aliphatic carbocycles. The summed E-state index contributed by atoms with van der Waals surface area (Å²) in [4.78, 5) is 22.3. The van der Waals surface area contributed by atoms with Gasteiger partial charge in [-0.05, 0) is 17.7 Å². The number of hydrogen-bond donors (Lipinski definition) is 1. The van der Waals surface area contributed by atoms with E-state index in [-0.39, 0.29) is 35.1 Å². The van der Waals surface area contributed by atoms with E-state index in [9.17, 15) is 14.0 Å². The van der Waals surface area contributed by atoms with E-state index >= 15 is 0 Å². The number of halogens is 1. The van der Waals surface area contributed by atoms with Crippen molar-refractivity contribution in [3.63, 3.8) is 0 Å². The van der Waals surface area contributed by atoms with Crippen LogP contribution < -0.4 is 0 Å². The van der Waals surface area contributed by atoms with Gasteiger partial charge in [-0.25, -0.2) is 9.18 Å². The summed E-state index contributed by atoms with van der Waals surface area (Å²) in [5, 5.41) is 9.05. The molecule has 0 radical (unpaired) electrons. The molecular weight excluding hydrogens is 251 g/mol. The molecule has 0 unspecified atom stereocenters. The van der Waals surface area contributed by atoms with Gasteiger partial charge in [-0.2, -0.15) is 0 Å². The first kappa shape index (κ1) is 13.0. The van der Waals surface area contributed by atoms with E-state index in [4.69, 9.17) is 9.52 Å². The van der Waals surface area contributed by atoms with Crippen LogP contribution >= 0.6 is 0 Å². The number of benzene rings is 1. The van der Waals surface area contributed by atoms with Crippen LogP contribution in [0.25, 0.3) is 0 Å². The number of hydrogen-bond acceptors (Lipinski definition) is 3. The van der Waals surface area contributed by atoms with E-state index in [1.165, 1.54) is 37.3 Å². The molecule has 19 heavy (non-hydrogen) atoms. The van der Waals surface area contributed by atoms with Crippen molar-refractivity contribution in [2.24, 2.45) is 0 Å². The minimum atomic E-state index is -1.16. The first-order chi connectivity index (χ1) is 8.97. The van der Waals surface area contributed by atoms with Crippen LogP contribution in [0.5, 0.6) is 0 Å². The van der Waals surface area contributed by atoms with Crippen LogP contribution in [0.15, 0.2) is 34.7 Å². The molecule has 0 amide bonds. The Morgan fingerprint density at radius 2 is 1.89 bits per heavy atom. The van der Waals surface area contributed by atoms with Crippen molar-refractivity contribution >= 4 is 11.8 Å². The Kier molecular flexibility index (Phi) is 3.46. The Morgan fingerprint density at radius 1 is 1.26 bits per heavy atom. The number of Topliss-reactive ketones (excluding diaryl/α,β-unsaturated/α-hetero) is 1. The summed E-state index contributed by atoms with van der Waals surface area (Å²) in [6.07, 6.45) is 0.190. The zero-order valence-electron chi connectivity index (χ0n) is 10.1. The number of carbonyl (C=O) groups excluding carboxylic acids is 1. The van der Waals surface area contributed by atoms with Crippen molar-refractivity contribution in [2.75, 3.05) is 0 Å². The largest absolute Gasteiger partial charge is 0.478 e. The van der Waals surface area contributed by atoms with Crippen LogP contribution in [0.1, 0.15) is 39.2 Å². The smallest absolute Gasteiger partial charge is 0.339 e. The minimum absolute atomic E-state index is 0.00881. The third-order valence-corrected chi connectivity index (χ3v) is 2.66. The van der Waals surface area contributed by atoms with Crippen LogP contribution in [0, 0.1) is 5.82 Å². The number of carboxylic acid groups (broad SMARTS) is 1. The molecule has 0 aliphatic heterocycles. The Morgan fingerprint density at radius 3 is 2.42 bits per heavy atom. The highest BCUT2D eigenvalue weighted by atomic mass is 19.1. The standard InChI is InChI=1S/C14H11FO4/c1-8(16)12-7-11(14(17)18)13(19-12)6-9-2-4-10(15)5-3-9/h2-5,7H,6H2,1H3,(H,17,18). The van der Waals surface area contributed by atoms with Gasteiger partial charge in [0.15, 0.2) is 11.5 Å². The number of rotatable bonds is 4. The predicted octanol–water partition coefficient (Wildman–Crippen LogP) is 2.91. The molecule has 0 saturated carbocycles. The van der Waals surface area contributed by atoms with Crippen molar-refractivity contribution in [3.8, 4) is 0 Å². The second kappa shape index (κ2) is 5.06. The second-order valence-corrected chi connectivity index (χ2v) is 4.11. The molecule has 0 saturated heterocycles. The monoisotopic (exact) mass is 262 g/mol. The number of aromatic carboxylic acids is 1. The minimum Gasteiger partial charge on any atom is -0.478 e. The van der Waals surface area contributed by atoms with Crippen molar-refractivity contribution in [2.45, 2.75) is 13.3 Å². The van der Waals surface area contributed by atoms with Crippen molar-refractivity contribution < 1.29 is 23.5 Å². The fourth-order valence-electron chi connectivity index (χ4n) is 1.70. The lowest BCUT2D eigenvalue weighted by Crippen LogP contribution is -1.99. The molecule has 4 nitrogen and oxygen atoms in total. The van der Waals surface area contributed by atoms with Gasteiger partial charge in [-0.3, -0.25) is 4.79 Å². The maximum Gasteiger partial charge on any atom is 0.339 e. The summed E-state index contributed by atoms with van der Waals surface area (Å²) in [5.41, 5.74) is 0.655. The highest BCUT2D eigenvalue weighted by Crippen LogP contribution is 2.20. The molecule has 5 heteroatoms. The number of carboxylic acids is 1. The highest BCUT2D eigenvalue weighted by molar-refractivity contribution is 5.96.